The van der Waals surface area contributed by atoms with E-state index >= 15 is 0 Å². The fourth-order valence-corrected chi connectivity index (χ4v) is 2.25. The van der Waals surface area contributed by atoms with Gasteiger partial charge >= 0.3 is 0 Å². The van der Waals surface area contributed by atoms with E-state index in [1.54, 1.807) is 11.8 Å². The van der Waals surface area contributed by atoms with E-state index in [4.69, 9.17) is 10.9 Å². The Balaban J connectivity index is 2.24. The van der Waals surface area contributed by atoms with Crippen LogP contribution in [0.3, 0.4) is 0 Å². The zero-order valence-electron chi connectivity index (χ0n) is 9.97. The molecule has 17 heavy (non-hydrogen) atoms. The van der Waals surface area contributed by atoms with Crippen LogP contribution in [0.25, 0.3) is 0 Å². The van der Waals surface area contributed by atoms with E-state index in [0.717, 1.165) is 18.7 Å². The van der Waals surface area contributed by atoms with Gasteiger partial charge in [0.05, 0.1) is 6.04 Å². The van der Waals surface area contributed by atoms with Crippen molar-refractivity contribution in [1.29, 1.82) is 0 Å². The van der Waals surface area contributed by atoms with Crippen molar-refractivity contribution in [3.63, 3.8) is 0 Å². The maximum atomic E-state index is 8.59. The molecule has 0 saturated heterocycles. The quantitative estimate of drug-likeness (QED) is 0.173. The maximum Gasteiger partial charge on any atom is 0.156 e. The van der Waals surface area contributed by atoms with E-state index in [1.165, 1.54) is 4.90 Å². The predicted octanol–water partition coefficient (Wildman–Crippen LogP) is 1.89. The largest absolute Gasteiger partial charge is 0.409 e. The number of amidine groups is 1. The Morgan fingerprint density at radius 3 is 2.76 bits per heavy atom. The highest BCUT2D eigenvalue weighted by Gasteiger charge is 2.09. The van der Waals surface area contributed by atoms with Crippen LogP contribution >= 0.6 is 11.8 Å². The molecule has 4 N–H and O–H groups in total. The summed E-state index contributed by atoms with van der Waals surface area (Å²) in [6.45, 7) is 2.83. The van der Waals surface area contributed by atoms with Crippen molar-refractivity contribution in [2.45, 2.75) is 24.3 Å². The summed E-state index contributed by atoms with van der Waals surface area (Å²) in [6.07, 6.45) is 0.811. The average molecular weight is 253 g/mol. The number of hydrogen-bond acceptors (Lipinski definition) is 4. The van der Waals surface area contributed by atoms with E-state index in [-0.39, 0.29) is 11.9 Å². The number of nitrogens with two attached hydrogens (primary N) is 1. The fourth-order valence-electron chi connectivity index (χ4n) is 1.45. The van der Waals surface area contributed by atoms with Crippen LogP contribution in [-0.4, -0.2) is 29.4 Å². The zero-order chi connectivity index (χ0) is 12.5. The summed E-state index contributed by atoms with van der Waals surface area (Å²) in [4.78, 5) is 1.26. The minimum atomic E-state index is -0.0450. The Labute approximate surface area is 106 Å². The van der Waals surface area contributed by atoms with Gasteiger partial charge in [0, 0.05) is 17.2 Å². The summed E-state index contributed by atoms with van der Waals surface area (Å²) in [7, 11) is 0. The van der Waals surface area contributed by atoms with Crippen molar-refractivity contribution in [3.05, 3.63) is 30.3 Å². The second-order valence-corrected chi connectivity index (χ2v) is 4.77. The molecule has 94 valence electrons. The van der Waals surface area contributed by atoms with Crippen LogP contribution in [0.5, 0.6) is 0 Å². The van der Waals surface area contributed by atoms with Crippen molar-refractivity contribution in [1.82, 2.24) is 5.32 Å². The van der Waals surface area contributed by atoms with E-state index in [1.807, 2.05) is 25.1 Å². The molecule has 1 rings (SSSR count). The molecule has 5 heteroatoms. The molecule has 1 atom stereocenters. The highest BCUT2D eigenvalue weighted by molar-refractivity contribution is 7.99. The molecule has 0 spiro atoms. The molecule has 1 unspecified atom stereocenters. The standard InChI is InChI=1S/C12H19N3OS/c1-2-11(12(13)15-16)14-8-9-17-10-6-4-3-5-7-10/h3-7,11,14,16H,2,8-9H2,1H3,(H2,13,15). The fraction of sp³-hybridized carbons (Fsp3) is 0.417. The highest BCUT2D eigenvalue weighted by atomic mass is 32.2. The predicted molar refractivity (Wildman–Crippen MR) is 72.7 cm³/mol. The van der Waals surface area contributed by atoms with Crippen molar-refractivity contribution >= 4 is 17.6 Å². The molecular weight excluding hydrogens is 234 g/mol. The molecule has 0 heterocycles. The summed E-state index contributed by atoms with van der Waals surface area (Å²) >= 11 is 1.79. The van der Waals surface area contributed by atoms with Gasteiger partial charge in [-0.1, -0.05) is 30.3 Å². The molecule has 1 aromatic carbocycles. The second kappa shape index (κ2) is 7.97. The van der Waals surface area contributed by atoms with Crippen molar-refractivity contribution < 1.29 is 5.21 Å². The van der Waals surface area contributed by atoms with E-state index in [0.29, 0.717) is 0 Å². The number of nitrogens with zero attached hydrogens (tertiary/aromatic N) is 1. The van der Waals surface area contributed by atoms with Gasteiger partial charge in [0.15, 0.2) is 5.84 Å². The first-order valence-electron chi connectivity index (χ1n) is 5.66. The molecule has 0 fully saturated rings. The van der Waals surface area contributed by atoms with Gasteiger partial charge in [-0.3, -0.25) is 0 Å². The first-order valence-corrected chi connectivity index (χ1v) is 6.65. The van der Waals surface area contributed by atoms with Crippen LogP contribution in [0.15, 0.2) is 40.4 Å². The van der Waals surface area contributed by atoms with Crippen LogP contribution in [-0.2, 0) is 0 Å². The van der Waals surface area contributed by atoms with Crippen LogP contribution in [0, 0.1) is 0 Å². The summed E-state index contributed by atoms with van der Waals surface area (Å²) < 4.78 is 0. The zero-order valence-corrected chi connectivity index (χ0v) is 10.8. The summed E-state index contributed by atoms with van der Waals surface area (Å²) in [5, 5.41) is 14.9. The summed E-state index contributed by atoms with van der Waals surface area (Å²) in [5.74, 6) is 1.20. The molecule has 0 amide bonds. The van der Waals surface area contributed by atoms with Crippen molar-refractivity contribution in [2.24, 2.45) is 10.9 Å². The second-order valence-electron chi connectivity index (χ2n) is 3.60. The van der Waals surface area contributed by atoms with Gasteiger partial charge in [0.1, 0.15) is 0 Å². The van der Waals surface area contributed by atoms with E-state index in [9.17, 15) is 0 Å². The first-order chi connectivity index (χ1) is 8.27. The summed E-state index contributed by atoms with van der Waals surface area (Å²) in [5.41, 5.74) is 5.55. The monoisotopic (exact) mass is 253 g/mol. The molecule has 0 aromatic heterocycles. The van der Waals surface area contributed by atoms with Gasteiger partial charge in [-0.15, -0.1) is 11.8 Å². The molecule has 0 aliphatic carbocycles. The topological polar surface area (TPSA) is 70.6 Å². The Bertz CT molecular complexity index is 343. The van der Waals surface area contributed by atoms with Gasteiger partial charge in [0.25, 0.3) is 0 Å². The third kappa shape index (κ3) is 5.10. The molecule has 0 aliphatic rings. The molecular formula is C12H19N3OS. The molecule has 0 bridgehead atoms. The average Bonchev–Trinajstić information content (AvgIpc) is 2.39. The Kier molecular flexibility index (Phi) is 6.50. The molecule has 1 aromatic rings. The van der Waals surface area contributed by atoms with Gasteiger partial charge in [-0.05, 0) is 18.6 Å². The number of benzene rings is 1. The molecule has 0 saturated carbocycles. The minimum Gasteiger partial charge on any atom is -0.409 e. The lowest BCUT2D eigenvalue weighted by Gasteiger charge is -2.14. The number of hydrogen-bond donors (Lipinski definition) is 3. The lowest BCUT2D eigenvalue weighted by molar-refractivity contribution is 0.314. The van der Waals surface area contributed by atoms with Crippen LogP contribution in [0.4, 0.5) is 0 Å². The number of rotatable bonds is 7. The third-order valence-corrected chi connectivity index (χ3v) is 3.40. The van der Waals surface area contributed by atoms with E-state index < -0.39 is 0 Å². The lowest BCUT2D eigenvalue weighted by Crippen LogP contribution is -2.41. The number of thioether (sulfide) groups is 1. The first kappa shape index (κ1) is 13.9. The Hall–Kier alpha value is -1.20. The number of nitrogens with one attached hydrogen (secondary N) is 1. The van der Waals surface area contributed by atoms with Gasteiger partial charge < -0.3 is 16.3 Å². The maximum absolute atomic E-state index is 8.59. The molecule has 0 aliphatic heterocycles. The minimum absolute atomic E-state index is 0.0450. The third-order valence-electron chi connectivity index (χ3n) is 2.39. The summed E-state index contributed by atoms with van der Waals surface area (Å²) in [6, 6.07) is 10.2. The van der Waals surface area contributed by atoms with Crippen LogP contribution in [0.1, 0.15) is 13.3 Å². The van der Waals surface area contributed by atoms with Gasteiger partial charge in [-0.25, -0.2) is 0 Å². The van der Waals surface area contributed by atoms with Crippen molar-refractivity contribution in [2.75, 3.05) is 12.3 Å². The molecule has 0 radical (unpaired) electrons. The normalized spacial score (nSPS) is 13.6. The highest BCUT2D eigenvalue weighted by Crippen LogP contribution is 2.15. The van der Waals surface area contributed by atoms with E-state index in [2.05, 4.69) is 22.6 Å². The smallest absolute Gasteiger partial charge is 0.156 e. The van der Waals surface area contributed by atoms with Crippen LogP contribution < -0.4 is 11.1 Å². The van der Waals surface area contributed by atoms with Gasteiger partial charge in [-0.2, -0.15) is 0 Å². The van der Waals surface area contributed by atoms with Crippen molar-refractivity contribution in [3.8, 4) is 0 Å². The lowest BCUT2D eigenvalue weighted by atomic mass is 10.2. The van der Waals surface area contributed by atoms with Crippen LogP contribution in [0.2, 0.25) is 0 Å². The van der Waals surface area contributed by atoms with Gasteiger partial charge in [0.2, 0.25) is 0 Å². The molecule has 4 nitrogen and oxygen atoms in total. The SMILES string of the molecule is CCC(NCCSc1ccccc1)/C(N)=N/O. The number of oxime groups is 1. The Morgan fingerprint density at radius 1 is 1.47 bits per heavy atom. The Morgan fingerprint density at radius 2 is 2.18 bits per heavy atom.